The van der Waals surface area contributed by atoms with Crippen LogP contribution in [0.2, 0.25) is 5.02 Å². The molecule has 0 saturated heterocycles. The number of nitrogens with two attached hydrogens (primary N) is 1. The topological polar surface area (TPSA) is 61.7 Å². The zero-order valence-electron chi connectivity index (χ0n) is 10.4. The van der Waals surface area contributed by atoms with E-state index in [9.17, 15) is 4.39 Å². The molecule has 0 aliphatic heterocycles. The van der Waals surface area contributed by atoms with Gasteiger partial charge in [0, 0.05) is 12.1 Å². The van der Waals surface area contributed by atoms with E-state index in [2.05, 4.69) is 10.1 Å². The lowest BCUT2D eigenvalue weighted by molar-refractivity contribution is 0.626. The van der Waals surface area contributed by atoms with Crippen LogP contribution in [0.1, 0.15) is 5.69 Å². The van der Waals surface area contributed by atoms with Crippen LogP contribution >= 0.6 is 11.6 Å². The number of anilines is 1. The Hall–Kier alpha value is -2.08. The van der Waals surface area contributed by atoms with Gasteiger partial charge in [-0.3, -0.25) is 4.57 Å². The lowest BCUT2D eigenvalue weighted by atomic mass is 10.3. The van der Waals surface area contributed by atoms with E-state index in [-0.39, 0.29) is 5.95 Å². The van der Waals surface area contributed by atoms with Gasteiger partial charge in [0.05, 0.1) is 11.4 Å². The van der Waals surface area contributed by atoms with Crippen LogP contribution in [-0.4, -0.2) is 19.3 Å². The first-order valence-electron chi connectivity index (χ1n) is 5.61. The number of aryl methyl sites for hydroxylation is 2. The Morgan fingerprint density at radius 2 is 2.05 bits per heavy atom. The van der Waals surface area contributed by atoms with Gasteiger partial charge in [-0.25, -0.2) is 14.1 Å². The number of benzene rings is 1. The largest absolute Gasteiger partial charge is 0.369 e. The second kappa shape index (κ2) is 3.96. The molecule has 0 bridgehead atoms. The molecule has 1 aromatic carbocycles. The number of rotatable bonds is 1. The monoisotopic (exact) mass is 279 g/mol. The molecule has 2 aromatic heterocycles. The Balaban J connectivity index is 2.38. The lowest BCUT2D eigenvalue weighted by Crippen LogP contribution is -2.05. The number of hydrogen-bond acceptors (Lipinski definition) is 3. The first-order valence-corrected chi connectivity index (χ1v) is 5.99. The molecule has 2 heterocycles. The highest BCUT2D eigenvalue weighted by Crippen LogP contribution is 2.26. The number of nitrogen functional groups attached to an aromatic ring is 1. The van der Waals surface area contributed by atoms with E-state index in [0.29, 0.717) is 21.9 Å². The lowest BCUT2D eigenvalue weighted by Gasteiger charge is -2.07. The van der Waals surface area contributed by atoms with E-state index < -0.39 is 5.82 Å². The van der Waals surface area contributed by atoms with Gasteiger partial charge in [-0.1, -0.05) is 11.6 Å². The second-order valence-corrected chi connectivity index (χ2v) is 4.75. The molecule has 0 saturated carbocycles. The maximum Gasteiger partial charge on any atom is 0.207 e. The molecule has 98 valence electrons. The van der Waals surface area contributed by atoms with Crippen molar-refractivity contribution in [1.82, 2.24) is 19.3 Å². The summed E-state index contributed by atoms with van der Waals surface area (Å²) >= 11 is 5.88. The highest BCUT2D eigenvalue weighted by molar-refractivity contribution is 6.30. The third-order valence-electron chi connectivity index (χ3n) is 2.93. The summed E-state index contributed by atoms with van der Waals surface area (Å²) in [4.78, 5) is 4.26. The van der Waals surface area contributed by atoms with Crippen LogP contribution in [0.15, 0.2) is 18.2 Å². The maximum absolute atomic E-state index is 13.5. The van der Waals surface area contributed by atoms with Crippen LogP contribution in [-0.2, 0) is 7.05 Å². The van der Waals surface area contributed by atoms with Crippen molar-refractivity contribution in [2.75, 3.05) is 5.73 Å². The molecule has 0 unspecified atom stereocenters. The van der Waals surface area contributed by atoms with Crippen molar-refractivity contribution in [1.29, 1.82) is 0 Å². The molecule has 0 radical (unpaired) electrons. The number of nitrogens with zero attached hydrogens (tertiary/aromatic N) is 4. The summed E-state index contributed by atoms with van der Waals surface area (Å²) in [5.74, 6) is -0.157. The molecule has 3 rings (SSSR count). The molecule has 0 atom stereocenters. The summed E-state index contributed by atoms with van der Waals surface area (Å²) in [6.07, 6.45) is 0. The fourth-order valence-corrected chi connectivity index (χ4v) is 2.43. The molecular weight excluding hydrogens is 269 g/mol. The van der Waals surface area contributed by atoms with Crippen molar-refractivity contribution in [3.8, 4) is 5.69 Å². The molecule has 2 N–H and O–H groups in total. The zero-order chi connectivity index (χ0) is 13.7. The fourth-order valence-electron chi connectivity index (χ4n) is 2.21. The summed E-state index contributed by atoms with van der Waals surface area (Å²) in [5.41, 5.74) is 8.60. The van der Waals surface area contributed by atoms with E-state index in [1.165, 1.54) is 12.1 Å². The first-order chi connectivity index (χ1) is 8.97. The Bertz CT molecular complexity index is 769. The maximum atomic E-state index is 13.5. The van der Waals surface area contributed by atoms with Gasteiger partial charge in [-0.05, 0) is 25.1 Å². The molecule has 0 aliphatic rings. The van der Waals surface area contributed by atoms with Crippen molar-refractivity contribution >= 4 is 28.7 Å². The third-order valence-corrected chi connectivity index (χ3v) is 3.15. The number of fused-ring (bicyclic) bond motifs is 1. The summed E-state index contributed by atoms with van der Waals surface area (Å²) in [6, 6.07) is 4.22. The molecule has 19 heavy (non-hydrogen) atoms. The van der Waals surface area contributed by atoms with Gasteiger partial charge < -0.3 is 5.73 Å². The smallest absolute Gasteiger partial charge is 0.207 e. The van der Waals surface area contributed by atoms with Gasteiger partial charge in [-0.2, -0.15) is 5.10 Å². The summed E-state index contributed by atoms with van der Waals surface area (Å²) < 4.78 is 16.8. The summed E-state index contributed by atoms with van der Waals surface area (Å²) in [7, 11) is 1.79. The Morgan fingerprint density at radius 1 is 1.32 bits per heavy atom. The van der Waals surface area contributed by atoms with Crippen molar-refractivity contribution in [2.45, 2.75) is 6.92 Å². The van der Waals surface area contributed by atoms with Crippen LogP contribution in [0.25, 0.3) is 16.9 Å². The molecule has 0 fully saturated rings. The highest BCUT2D eigenvalue weighted by Gasteiger charge is 2.17. The minimum Gasteiger partial charge on any atom is -0.369 e. The molecule has 3 aromatic rings. The molecule has 0 amide bonds. The van der Waals surface area contributed by atoms with Gasteiger partial charge in [0.2, 0.25) is 5.95 Å². The van der Waals surface area contributed by atoms with Crippen LogP contribution in [0.3, 0.4) is 0 Å². The number of halogens is 2. The third kappa shape index (κ3) is 1.76. The van der Waals surface area contributed by atoms with Crippen molar-refractivity contribution in [3.63, 3.8) is 0 Å². The van der Waals surface area contributed by atoms with Gasteiger partial charge >= 0.3 is 0 Å². The predicted molar refractivity (Wildman–Crippen MR) is 72.0 cm³/mol. The Labute approximate surface area is 113 Å². The Morgan fingerprint density at radius 3 is 2.74 bits per heavy atom. The number of hydrogen-bond donors (Lipinski definition) is 1. The van der Waals surface area contributed by atoms with Gasteiger partial charge in [-0.15, -0.1) is 0 Å². The van der Waals surface area contributed by atoms with Crippen LogP contribution in [0, 0.1) is 12.7 Å². The zero-order valence-corrected chi connectivity index (χ0v) is 11.1. The first kappa shape index (κ1) is 12.0. The SMILES string of the molecule is Cc1nn(C)c2c1nc(N)n2-c1cc(F)cc(Cl)c1. The van der Waals surface area contributed by atoms with Crippen LogP contribution < -0.4 is 5.73 Å². The van der Waals surface area contributed by atoms with E-state index in [1.807, 2.05) is 6.92 Å². The molecule has 7 heteroatoms. The van der Waals surface area contributed by atoms with Crippen molar-refractivity contribution in [2.24, 2.45) is 7.05 Å². The van der Waals surface area contributed by atoms with Crippen molar-refractivity contribution < 1.29 is 4.39 Å². The summed E-state index contributed by atoms with van der Waals surface area (Å²) in [5, 5.41) is 4.57. The molecule has 0 aliphatic carbocycles. The standard InChI is InChI=1S/C12H11ClFN5/c1-6-10-11(18(2)17-6)19(12(15)16-10)9-4-7(13)3-8(14)5-9/h3-5H,1-2H3,(H2,15,16). The van der Waals surface area contributed by atoms with Gasteiger partial charge in [0.15, 0.2) is 5.65 Å². The van der Waals surface area contributed by atoms with Gasteiger partial charge in [0.25, 0.3) is 0 Å². The minimum atomic E-state index is -0.428. The molecule has 0 spiro atoms. The number of imidazole rings is 1. The van der Waals surface area contributed by atoms with E-state index in [1.54, 1.807) is 22.4 Å². The molecule has 5 nitrogen and oxygen atoms in total. The number of aromatic nitrogens is 4. The second-order valence-electron chi connectivity index (χ2n) is 4.31. The Kier molecular flexibility index (Phi) is 2.50. The normalized spacial score (nSPS) is 11.4. The van der Waals surface area contributed by atoms with Crippen LogP contribution in [0.4, 0.5) is 10.3 Å². The van der Waals surface area contributed by atoms with Crippen LogP contribution in [0.5, 0.6) is 0 Å². The molecular formula is C12H11ClFN5. The highest BCUT2D eigenvalue weighted by atomic mass is 35.5. The fraction of sp³-hybridized carbons (Fsp3) is 0.167. The van der Waals surface area contributed by atoms with Gasteiger partial charge in [0.1, 0.15) is 11.3 Å². The minimum absolute atomic E-state index is 0.271. The summed E-state index contributed by atoms with van der Waals surface area (Å²) in [6.45, 7) is 1.84. The average molecular weight is 280 g/mol. The van der Waals surface area contributed by atoms with Crippen molar-refractivity contribution in [3.05, 3.63) is 34.7 Å². The quantitative estimate of drug-likeness (QED) is 0.744. The van der Waals surface area contributed by atoms with E-state index in [4.69, 9.17) is 17.3 Å². The van der Waals surface area contributed by atoms with E-state index in [0.717, 1.165) is 5.69 Å². The van der Waals surface area contributed by atoms with E-state index >= 15 is 0 Å². The predicted octanol–water partition coefficient (Wildman–Crippen LogP) is 2.44. The average Bonchev–Trinajstić information content (AvgIpc) is 2.76.